The molecule has 0 aliphatic carbocycles. The second-order valence-electron chi connectivity index (χ2n) is 6.96. The summed E-state index contributed by atoms with van der Waals surface area (Å²) in [6, 6.07) is 14.2. The van der Waals surface area contributed by atoms with Crippen molar-refractivity contribution in [2.75, 3.05) is 10.3 Å². The number of para-hydroxylation sites is 2. The first-order valence-corrected chi connectivity index (χ1v) is 8.99. The Morgan fingerprint density at radius 3 is 2.43 bits per heavy atom. The number of hydrogen-bond acceptors (Lipinski definition) is 5. The molecule has 144 valence electrons. The fourth-order valence-electron chi connectivity index (χ4n) is 3.12. The minimum atomic E-state index is -1.42. The molecule has 7 heteroatoms. The first-order valence-electron chi connectivity index (χ1n) is 8.99. The summed E-state index contributed by atoms with van der Waals surface area (Å²) in [5.74, 6) is -3.92. The lowest BCUT2D eigenvalue weighted by Gasteiger charge is -2.17. The Hall–Kier alpha value is -3.48. The van der Waals surface area contributed by atoms with Crippen LogP contribution >= 0.6 is 0 Å². The van der Waals surface area contributed by atoms with E-state index in [1.807, 2.05) is 39.0 Å². The molecule has 1 aliphatic heterocycles. The second-order valence-corrected chi connectivity index (χ2v) is 6.96. The van der Waals surface area contributed by atoms with Crippen LogP contribution in [0, 0.1) is 12.8 Å². The topological polar surface area (TPSA) is 105 Å². The number of ketones is 1. The number of aryl methyl sites for hydroxylation is 1. The van der Waals surface area contributed by atoms with Gasteiger partial charge in [0.2, 0.25) is 5.78 Å². The van der Waals surface area contributed by atoms with Crippen LogP contribution in [0.25, 0.3) is 0 Å². The van der Waals surface area contributed by atoms with Gasteiger partial charge in [0.15, 0.2) is 5.92 Å². The van der Waals surface area contributed by atoms with E-state index in [9.17, 15) is 14.4 Å². The molecule has 2 aromatic carbocycles. The molecule has 0 aromatic heterocycles. The zero-order valence-electron chi connectivity index (χ0n) is 16.0. The van der Waals surface area contributed by atoms with Crippen LogP contribution in [0.2, 0.25) is 0 Å². The van der Waals surface area contributed by atoms with Crippen molar-refractivity contribution < 1.29 is 14.4 Å². The van der Waals surface area contributed by atoms with Crippen LogP contribution in [-0.2, 0) is 14.4 Å². The molecule has 0 spiro atoms. The Balaban J connectivity index is 1.83. The van der Waals surface area contributed by atoms with E-state index in [-0.39, 0.29) is 11.8 Å². The van der Waals surface area contributed by atoms with Gasteiger partial charge in [0.25, 0.3) is 11.8 Å². The summed E-state index contributed by atoms with van der Waals surface area (Å²) in [7, 11) is 0. The van der Waals surface area contributed by atoms with E-state index >= 15 is 0 Å². The SMILES string of the molecule is Cc1cccc(C(C)C)c1NC(=O)C(=O)C1C(=O)N(c2ccccc2)N=C1N. The number of nitrogens with two attached hydrogens (primary N) is 1. The molecule has 1 unspecified atom stereocenters. The Labute approximate surface area is 163 Å². The third-order valence-electron chi connectivity index (χ3n) is 4.62. The van der Waals surface area contributed by atoms with Gasteiger partial charge in [0.05, 0.1) is 5.69 Å². The quantitative estimate of drug-likeness (QED) is 0.616. The normalized spacial score (nSPS) is 16.3. The molecule has 2 aromatic rings. The third kappa shape index (κ3) is 3.51. The molecule has 0 fully saturated rings. The van der Waals surface area contributed by atoms with E-state index in [1.54, 1.807) is 30.3 Å². The van der Waals surface area contributed by atoms with Crippen molar-refractivity contribution >= 4 is 34.8 Å². The van der Waals surface area contributed by atoms with Crippen LogP contribution in [0.3, 0.4) is 0 Å². The average Bonchev–Trinajstić information content (AvgIpc) is 2.97. The molecule has 0 radical (unpaired) electrons. The predicted molar refractivity (Wildman–Crippen MR) is 108 cm³/mol. The lowest BCUT2D eigenvalue weighted by atomic mass is 9.97. The van der Waals surface area contributed by atoms with Crippen LogP contribution < -0.4 is 16.1 Å². The zero-order valence-corrected chi connectivity index (χ0v) is 16.0. The van der Waals surface area contributed by atoms with Gasteiger partial charge < -0.3 is 11.1 Å². The molecule has 1 heterocycles. The highest BCUT2D eigenvalue weighted by Gasteiger charge is 2.43. The molecule has 2 amide bonds. The summed E-state index contributed by atoms with van der Waals surface area (Å²) in [4.78, 5) is 38.0. The van der Waals surface area contributed by atoms with Gasteiger partial charge in [-0.25, -0.2) is 0 Å². The summed E-state index contributed by atoms with van der Waals surface area (Å²) in [5.41, 5.74) is 8.62. The van der Waals surface area contributed by atoms with Crippen LogP contribution in [0.1, 0.15) is 30.9 Å². The molecule has 7 nitrogen and oxygen atoms in total. The van der Waals surface area contributed by atoms with Crippen molar-refractivity contribution in [1.29, 1.82) is 0 Å². The fraction of sp³-hybridized carbons (Fsp3) is 0.238. The molecule has 1 atom stereocenters. The fourth-order valence-corrected chi connectivity index (χ4v) is 3.12. The molecule has 28 heavy (non-hydrogen) atoms. The lowest BCUT2D eigenvalue weighted by Crippen LogP contribution is -2.41. The number of amides is 2. The zero-order chi connectivity index (χ0) is 20.4. The Kier molecular flexibility index (Phi) is 5.26. The van der Waals surface area contributed by atoms with E-state index in [0.717, 1.165) is 16.1 Å². The van der Waals surface area contributed by atoms with Gasteiger partial charge in [-0.15, -0.1) is 0 Å². The van der Waals surface area contributed by atoms with Gasteiger partial charge >= 0.3 is 0 Å². The molecule has 0 bridgehead atoms. The van der Waals surface area contributed by atoms with Crippen molar-refractivity contribution in [2.24, 2.45) is 16.8 Å². The van der Waals surface area contributed by atoms with E-state index < -0.39 is 23.5 Å². The number of hydrazone groups is 1. The average molecular weight is 378 g/mol. The van der Waals surface area contributed by atoms with E-state index in [4.69, 9.17) is 5.73 Å². The van der Waals surface area contributed by atoms with Gasteiger partial charge in [-0.2, -0.15) is 10.1 Å². The number of carbonyl (C=O) groups is 3. The number of nitrogens with zero attached hydrogens (tertiary/aromatic N) is 2. The number of hydrogen-bond donors (Lipinski definition) is 2. The maximum absolute atomic E-state index is 12.7. The lowest BCUT2D eigenvalue weighted by molar-refractivity contribution is -0.138. The molecular weight excluding hydrogens is 356 g/mol. The maximum atomic E-state index is 12.7. The summed E-state index contributed by atoms with van der Waals surface area (Å²) in [6.45, 7) is 5.84. The van der Waals surface area contributed by atoms with Gasteiger partial charge in [-0.1, -0.05) is 50.2 Å². The number of benzene rings is 2. The Morgan fingerprint density at radius 1 is 1.11 bits per heavy atom. The second kappa shape index (κ2) is 7.64. The van der Waals surface area contributed by atoms with Crippen molar-refractivity contribution in [3.63, 3.8) is 0 Å². The van der Waals surface area contributed by atoms with E-state index in [2.05, 4.69) is 10.4 Å². The minimum absolute atomic E-state index is 0.151. The van der Waals surface area contributed by atoms with Crippen LogP contribution in [0.15, 0.2) is 53.6 Å². The highest BCUT2D eigenvalue weighted by molar-refractivity contribution is 6.50. The highest BCUT2D eigenvalue weighted by atomic mass is 16.2. The van der Waals surface area contributed by atoms with Crippen LogP contribution in [0.5, 0.6) is 0 Å². The first kappa shape index (κ1) is 19.3. The van der Waals surface area contributed by atoms with Crippen molar-refractivity contribution in [3.05, 3.63) is 59.7 Å². The van der Waals surface area contributed by atoms with Gasteiger partial charge in [0.1, 0.15) is 5.84 Å². The van der Waals surface area contributed by atoms with E-state index in [0.29, 0.717) is 11.4 Å². The van der Waals surface area contributed by atoms with Gasteiger partial charge in [-0.3, -0.25) is 14.4 Å². The largest absolute Gasteiger partial charge is 0.385 e. The smallest absolute Gasteiger partial charge is 0.293 e. The molecular formula is C21H22N4O3. The van der Waals surface area contributed by atoms with Crippen molar-refractivity contribution in [2.45, 2.75) is 26.7 Å². The standard InChI is InChI=1S/C21H22N4O3/c1-12(2)15-11-7-8-13(3)17(15)23-20(27)18(26)16-19(22)24-25(21(16)28)14-9-5-4-6-10-14/h4-12,16H,1-3H3,(H2,22,24)(H,23,27). The maximum Gasteiger partial charge on any atom is 0.293 e. The van der Waals surface area contributed by atoms with Crippen LogP contribution in [0.4, 0.5) is 11.4 Å². The summed E-state index contributed by atoms with van der Waals surface area (Å²) < 4.78 is 0. The summed E-state index contributed by atoms with van der Waals surface area (Å²) >= 11 is 0. The highest BCUT2D eigenvalue weighted by Crippen LogP contribution is 2.28. The Bertz CT molecular complexity index is 967. The molecule has 1 aliphatic rings. The first-order chi connectivity index (χ1) is 13.3. The van der Waals surface area contributed by atoms with Crippen molar-refractivity contribution in [3.8, 4) is 0 Å². The molecule has 3 rings (SSSR count). The molecule has 0 saturated heterocycles. The molecule has 3 N–H and O–H groups in total. The summed E-state index contributed by atoms with van der Waals surface area (Å²) in [5, 5.41) is 7.69. The third-order valence-corrected chi connectivity index (χ3v) is 4.62. The monoisotopic (exact) mass is 378 g/mol. The van der Waals surface area contributed by atoms with Gasteiger partial charge in [0, 0.05) is 5.69 Å². The minimum Gasteiger partial charge on any atom is -0.385 e. The number of rotatable bonds is 5. The number of amidine groups is 1. The number of nitrogens with one attached hydrogen (secondary N) is 1. The summed E-state index contributed by atoms with van der Waals surface area (Å²) in [6.07, 6.45) is 0. The van der Waals surface area contributed by atoms with Gasteiger partial charge in [-0.05, 0) is 36.1 Å². The van der Waals surface area contributed by atoms with Crippen LogP contribution in [-0.4, -0.2) is 23.4 Å². The number of carbonyl (C=O) groups excluding carboxylic acids is 3. The predicted octanol–water partition coefficient (Wildman–Crippen LogP) is 2.56. The number of Topliss-reactive ketones (excluding diaryl/α,β-unsaturated/α-hetero) is 1. The van der Waals surface area contributed by atoms with Crippen molar-refractivity contribution in [1.82, 2.24) is 0 Å². The number of anilines is 2. The van der Waals surface area contributed by atoms with E-state index in [1.165, 1.54) is 0 Å². The Morgan fingerprint density at radius 2 is 1.79 bits per heavy atom. The molecule has 0 saturated carbocycles.